The standard InChI is InChI=1S/C19H18N2O2/c1-13-8-16-10-17(23-2)6-7-18(16)21(12-13)19(22)15-5-3-4-14(9-15)11-20/h3-7,9-10,13H,8,12H2,1-2H3. The van der Waals surface area contributed by atoms with E-state index in [1.807, 2.05) is 18.2 Å². The van der Waals surface area contributed by atoms with Gasteiger partial charge in [-0.25, -0.2) is 0 Å². The van der Waals surface area contributed by atoms with E-state index in [0.29, 0.717) is 23.6 Å². The summed E-state index contributed by atoms with van der Waals surface area (Å²) in [6.07, 6.45) is 0.925. The predicted molar refractivity (Wildman–Crippen MR) is 88.7 cm³/mol. The van der Waals surface area contributed by atoms with Crippen molar-refractivity contribution in [3.63, 3.8) is 0 Å². The number of rotatable bonds is 2. The van der Waals surface area contributed by atoms with Crippen LogP contribution in [-0.4, -0.2) is 19.6 Å². The van der Waals surface area contributed by atoms with Gasteiger partial charge in [0.1, 0.15) is 5.75 Å². The van der Waals surface area contributed by atoms with Crippen molar-refractivity contribution < 1.29 is 9.53 Å². The van der Waals surface area contributed by atoms with Crippen LogP contribution in [0.1, 0.15) is 28.4 Å². The van der Waals surface area contributed by atoms with E-state index in [4.69, 9.17) is 10.00 Å². The largest absolute Gasteiger partial charge is 0.497 e. The summed E-state index contributed by atoms with van der Waals surface area (Å²) < 4.78 is 5.29. The maximum Gasteiger partial charge on any atom is 0.258 e. The maximum absolute atomic E-state index is 12.9. The number of fused-ring (bicyclic) bond motifs is 1. The minimum Gasteiger partial charge on any atom is -0.497 e. The van der Waals surface area contributed by atoms with Gasteiger partial charge in [0.2, 0.25) is 0 Å². The lowest BCUT2D eigenvalue weighted by Crippen LogP contribution is -2.39. The number of methoxy groups -OCH3 is 1. The van der Waals surface area contributed by atoms with Crippen LogP contribution in [0.4, 0.5) is 5.69 Å². The Bertz CT molecular complexity index is 792. The van der Waals surface area contributed by atoms with Crippen molar-refractivity contribution in [3.05, 3.63) is 59.2 Å². The average molecular weight is 306 g/mol. The van der Waals surface area contributed by atoms with Gasteiger partial charge >= 0.3 is 0 Å². The minimum atomic E-state index is -0.0694. The molecule has 0 saturated carbocycles. The third-order valence-electron chi connectivity index (χ3n) is 4.12. The number of hydrogen-bond donors (Lipinski definition) is 0. The zero-order valence-corrected chi connectivity index (χ0v) is 13.2. The van der Waals surface area contributed by atoms with E-state index in [1.165, 1.54) is 0 Å². The molecule has 1 aliphatic heterocycles. The SMILES string of the molecule is COc1ccc2c(c1)CC(C)CN2C(=O)c1cccc(C#N)c1. The molecule has 0 saturated heterocycles. The molecule has 0 aromatic heterocycles. The first kappa shape index (κ1) is 15.1. The second-order valence-electron chi connectivity index (χ2n) is 5.91. The Balaban J connectivity index is 2.00. The van der Waals surface area contributed by atoms with Crippen molar-refractivity contribution in [1.29, 1.82) is 5.26 Å². The molecule has 2 aromatic carbocycles. The van der Waals surface area contributed by atoms with Gasteiger partial charge in [0.25, 0.3) is 5.91 Å². The lowest BCUT2D eigenvalue weighted by Gasteiger charge is -2.33. The molecule has 2 aromatic rings. The summed E-state index contributed by atoms with van der Waals surface area (Å²) in [5, 5.41) is 9.02. The summed E-state index contributed by atoms with van der Waals surface area (Å²) in [5.41, 5.74) is 3.08. The molecular weight excluding hydrogens is 288 g/mol. The highest BCUT2D eigenvalue weighted by Gasteiger charge is 2.27. The third kappa shape index (κ3) is 2.91. The highest BCUT2D eigenvalue weighted by atomic mass is 16.5. The van der Waals surface area contributed by atoms with E-state index in [-0.39, 0.29) is 5.91 Å². The van der Waals surface area contributed by atoms with E-state index in [9.17, 15) is 4.79 Å². The number of carbonyl (C=O) groups is 1. The van der Waals surface area contributed by atoms with Crippen molar-refractivity contribution in [2.24, 2.45) is 5.92 Å². The summed E-state index contributed by atoms with van der Waals surface area (Å²) in [4.78, 5) is 14.7. The molecule has 0 fully saturated rings. The van der Waals surface area contributed by atoms with E-state index in [0.717, 1.165) is 23.4 Å². The summed E-state index contributed by atoms with van der Waals surface area (Å²) >= 11 is 0. The number of benzene rings is 2. The molecular formula is C19H18N2O2. The Morgan fingerprint density at radius 3 is 2.87 bits per heavy atom. The molecule has 1 unspecified atom stereocenters. The van der Waals surface area contributed by atoms with E-state index in [2.05, 4.69) is 13.0 Å². The summed E-state index contributed by atoms with van der Waals surface area (Å²) in [6, 6.07) is 14.7. The van der Waals surface area contributed by atoms with Crippen molar-refractivity contribution in [2.75, 3.05) is 18.6 Å². The zero-order chi connectivity index (χ0) is 16.4. The van der Waals surface area contributed by atoms with Gasteiger partial charge in [-0.05, 0) is 54.3 Å². The Kier molecular flexibility index (Phi) is 4.03. The van der Waals surface area contributed by atoms with Gasteiger partial charge in [-0.3, -0.25) is 4.79 Å². The van der Waals surface area contributed by atoms with Crippen molar-refractivity contribution in [3.8, 4) is 11.8 Å². The van der Waals surface area contributed by atoms with Gasteiger partial charge in [0.05, 0.1) is 18.7 Å². The van der Waals surface area contributed by atoms with Crippen LogP contribution in [0.5, 0.6) is 5.75 Å². The fourth-order valence-corrected chi connectivity index (χ4v) is 3.04. The lowest BCUT2D eigenvalue weighted by molar-refractivity contribution is 0.0981. The summed E-state index contributed by atoms with van der Waals surface area (Å²) in [6.45, 7) is 2.81. The molecule has 1 amide bonds. The molecule has 1 aliphatic rings. The van der Waals surface area contributed by atoms with Crippen molar-refractivity contribution >= 4 is 11.6 Å². The van der Waals surface area contributed by atoms with Crippen LogP contribution in [0.2, 0.25) is 0 Å². The van der Waals surface area contributed by atoms with Gasteiger partial charge in [0, 0.05) is 17.8 Å². The number of ether oxygens (including phenoxy) is 1. The molecule has 3 rings (SSSR count). The minimum absolute atomic E-state index is 0.0694. The third-order valence-corrected chi connectivity index (χ3v) is 4.12. The number of nitriles is 1. The molecule has 1 atom stereocenters. The van der Waals surface area contributed by atoms with Gasteiger partial charge in [-0.15, -0.1) is 0 Å². The molecule has 0 aliphatic carbocycles. The Morgan fingerprint density at radius 1 is 1.30 bits per heavy atom. The topological polar surface area (TPSA) is 53.3 Å². The first-order valence-corrected chi connectivity index (χ1v) is 7.61. The smallest absolute Gasteiger partial charge is 0.258 e. The first-order valence-electron chi connectivity index (χ1n) is 7.61. The zero-order valence-electron chi connectivity index (χ0n) is 13.2. The summed E-state index contributed by atoms with van der Waals surface area (Å²) in [5.74, 6) is 1.11. The monoisotopic (exact) mass is 306 g/mol. The quantitative estimate of drug-likeness (QED) is 0.854. The van der Waals surface area contributed by atoms with Crippen LogP contribution >= 0.6 is 0 Å². The van der Waals surface area contributed by atoms with Crippen molar-refractivity contribution in [2.45, 2.75) is 13.3 Å². The van der Waals surface area contributed by atoms with Crippen LogP contribution in [0.15, 0.2) is 42.5 Å². The molecule has 1 heterocycles. The fourth-order valence-electron chi connectivity index (χ4n) is 3.04. The Labute approximate surface area is 135 Å². The molecule has 4 nitrogen and oxygen atoms in total. The first-order chi connectivity index (χ1) is 11.1. The number of hydrogen-bond acceptors (Lipinski definition) is 3. The molecule has 0 radical (unpaired) electrons. The van der Waals surface area contributed by atoms with E-state index < -0.39 is 0 Å². The lowest BCUT2D eigenvalue weighted by atomic mass is 9.93. The normalized spacial score (nSPS) is 16.4. The Morgan fingerprint density at radius 2 is 2.13 bits per heavy atom. The molecule has 116 valence electrons. The molecule has 4 heteroatoms. The highest BCUT2D eigenvalue weighted by molar-refractivity contribution is 6.07. The van der Waals surface area contributed by atoms with E-state index >= 15 is 0 Å². The molecule has 0 bridgehead atoms. The Hall–Kier alpha value is -2.80. The van der Waals surface area contributed by atoms with Crippen LogP contribution < -0.4 is 9.64 Å². The fraction of sp³-hybridized carbons (Fsp3) is 0.263. The maximum atomic E-state index is 12.9. The predicted octanol–water partition coefficient (Wildman–Crippen LogP) is 3.41. The molecule has 0 N–H and O–H groups in total. The van der Waals surface area contributed by atoms with Crippen LogP contribution in [0, 0.1) is 17.2 Å². The van der Waals surface area contributed by atoms with Crippen LogP contribution in [0.25, 0.3) is 0 Å². The van der Waals surface area contributed by atoms with E-state index in [1.54, 1.807) is 36.3 Å². The van der Waals surface area contributed by atoms with Crippen LogP contribution in [0.3, 0.4) is 0 Å². The van der Waals surface area contributed by atoms with Gasteiger partial charge in [0.15, 0.2) is 0 Å². The van der Waals surface area contributed by atoms with Gasteiger partial charge < -0.3 is 9.64 Å². The highest BCUT2D eigenvalue weighted by Crippen LogP contribution is 2.33. The average Bonchev–Trinajstić information content (AvgIpc) is 2.59. The number of anilines is 1. The number of carbonyl (C=O) groups excluding carboxylic acids is 1. The summed E-state index contributed by atoms with van der Waals surface area (Å²) in [7, 11) is 1.64. The number of nitrogens with zero attached hydrogens (tertiary/aromatic N) is 2. The second-order valence-corrected chi connectivity index (χ2v) is 5.91. The molecule has 0 spiro atoms. The van der Waals surface area contributed by atoms with Gasteiger partial charge in [-0.2, -0.15) is 5.26 Å². The van der Waals surface area contributed by atoms with Crippen molar-refractivity contribution in [1.82, 2.24) is 0 Å². The number of amides is 1. The van der Waals surface area contributed by atoms with Crippen LogP contribution in [-0.2, 0) is 6.42 Å². The van der Waals surface area contributed by atoms with Gasteiger partial charge in [-0.1, -0.05) is 13.0 Å². The molecule has 23 heavy (non-hydrogen) atoms. The second kappa shape index (κ2) is 6.13.